The lowest BCUT2D eigenvalue weighted by atomic mass is 10.1. The van der Waals surface area contributed by atoms with Gasteiger partial charge in [0.15, 0.2) is 0 Å². The summed E-state index contributed by atoms with van der Waals surface area (Å²) in [5.74, 6) is -0.774. The zero-order chi connectivity index (χ0) is 16.4. The SMILES string of the molecule is CCSc1ccc(NC(=O)[C@@](C)(O)C(F)(F)F)c(Cl)c1I. The molecule has 0 aliphatic heterocycles. The predicted octanol–water partition coefficient (Wildman–Crippen LogP) is 4.31. The van der Waals surface area contributed by atoms with Crippen molar-refractivity contribution in [2.75, 3.05) is 11.1 Å². The molecule has 0 saturated carbocycles. The molecular weight excluding hydrogens is 442 g/mol. The minimum Gasteiger partial charge on any atom is -0.373 e. The third-order valence-electron chi connectivity index (χ3n) is 2.59. The molecule has 1 rings (SSSR count). The molecule has 0 saturated heterocycles. The van der Waals surface area contributed by atoms with Gasteiger partial charge in [-0.25, -0.2) is 0 Å². The molecule has 3 nitrogen and oxygen atoms in total. The Morgan fingerprint density at radius 2 is 2.05 bits per heavy atom. The van der Waals surface area contributed by atoms with E-state index in [9.17, 15) is 23.1 Å². The molecule has 1 aromatic rings. The summed E-state index contributed by atoms with van der Waals surface area (Å²) in [6, 6.07) is 3.06. The summed E-state index contributed by atoms with van der Waals surface area (Å²) in [6.45, 7) is 2.34. The first-order chi connectivity index (χ1) is 9.52. The van der Waals surface area contributed by atoms with Crippen molar-refractivity contribution in [3.05, 3.63) is 20.7 Å². The molecule has 2 N–H and O–H groups in total. The van der Waals surface area contributed by atoms with E-state index in [4.69, 9.17) is 11.6 Å². The first-order valence-corrected chi connectivity index (χ1v) is 8.18. The smallest absolute Gasteiger partial charge is 0.373 e. The number of rotatable bonds is 4. The molecule has 1 amide bonds. The van der Waals surface area contributed by atoms with Crippen LogP contribution in [0.3, 0.4) is 0 Å². The standard InChI is InChI=1S/C12H12ClF3INO2S/c1-3-21-7-5-4-6(8(13)9(7)17)18-10(19)11(2,20)12(14,15)16/h4-5,20H,3H2,1-2H3,(H,18,19)/t11-/m1/s1. The van der Waals surface area contributed by atoms with Crippen LogP contribution < -0.4 is 5.32 Å². The molecule has 0 bridgehead atoms. The van der Waals surface area contributed by atoms with Crippen LogP contribution in [0.15, 0.2) is 17.0 Å². The number of aliphatic hydroxyl groups is 1. The number of alkyl halides is 3. The van der Waals surface area contributed by atoms with E-state index in [0.717, 1.165) is 10.6 Å². The number of hydrogen-bond donors (Lipinski definition) is 2. The van der Waals surface area contributed by atoms with Crippen LogP contribution in [0.5, 0.6) is 0 Å². The van der Waals surface area contributed by atoms with E-state index in [1.54, 1.807) is 6.07 Å². The van der Waals surface area contributed by atoms with Crippen molar-refractivity contribution < 1.29 is 23.1 Å². The Balaban J connectivity index is 3.05. The van der Waals surface area contributed by atoms with Crippen LogP contribution in [0.2, 0.25) is 5.02 Å². The van der Waals surface area contributed by atoms with Gasteiger partial charge >= 0.3 is 6.18 Å². The maximum absolute atomic E-state index is 12.6. The number of thioether (sulfide) groups is 1. The monoisotopic (exact) mass is 453 g/mol. The zero-order valence-electron chi connectivity index (χ0n) is 11.0. The first kappa shape index (κ1) is 18.9. The summed E-state index contributed by atoms with van der Waals surface area (Å²) >= 11 is 9.51. The summed E-state index contributed by atoms with van der Waals surface area (Å²) in [4.78, 5) is 12.5. The number of hydrogen-bond acceptors (Lipinski definition) is 3. The molecule has 0 fully saturated rings. The highest BCUT2D eigenvalue weighted by Gasteiger charge is 2.55. The second kappa shape index (κ2) is 6.93. The Kier molecular flexibility index (Phi) is 6.22. The Morgan fingerprint density at radius 3 is 2.52 bits per heavy atom. The predicted molar refractivity (Wildman–Crippen MR) is 85.9 cm³/mol. The molecule has 21 heavy (non-hydrogen) atoms. The zero-order valence-corrected chi connectivity index (χ0v) is 14.7. The van der Waals surface area contributed by atoms with Gasteiger partial charge in [-0.15, -0.1) is 11.8 Å². The van der Waals surface area contributed by atoms with Gasteiger partial charge in [0.1, 0.15) is 0 Å². The van der Waals surface area contributed by atoms with E-state index in [2.05, 4.69) is 0 Å². The Labute approximate surface area is 142 Å². The van der Waals surface area contributed by atoms with E-state index in [1.165, 1.54) is 17.8 Å². The number of carbonyl (C=O) groups excluding carboxylic acids is 1. The molecule has 0 heterocycles. The second-order valence-corrected chi connectivity index (χ2v) is 6.96. The lowest BCUT2D eigenvalue weighted by Crippen LogP contribution is -2.52. The normalized spacial score (nSPS) is 14.7. The molecule has 0 unspecified atom stereocenters. The number of nitrogens with one attached hydrogen (secondary N) is 1. The third kappa shape index (κ3) is 4.17. The molecule has 0 aliphatic carbocycles. The highest BCUT2D eigenvalue weighted by molar-refractivity contribution is 14.1. The summed E-state index contributed by atoms with van der Waals surface area (Å²) in [6.07, 6.45) is -5.07. The van der Waals surface area contributed by atoms with Crippen molar-refractivity contribution in [3.8, 4) is 0 Å². The molecule has 1 atom stereocenters. The quantitative estimate of drug-likeness (QED) is 0.528. The van der Waals surface area contributed by atoms with Crippen molar-refractivity contribution >= 4 is 57.5 Å². The number of anilines is 1. The number of carbonyl (C=O) groups is 1. The van der Waals surface area contributed by atoms with Gasteiger partial charge in [0.2, 0.25) is 5.60 Å². The van der Waals surface area contributed by atoms with Gasteiger partial charge in [-0.3, -0.25) is 4.79 Å². The van der Waals surface area contributed by atoms with Gasteiger partial charge in [-0.05, 0) is 47.4 Å². The van der Waals surface area contributed by atoms with Gasteiger partial charge in [0.05, 0.1) is 10.7 Å². The van der Waals surface area contributed by atoms with Crippen LogP contribution in [0.4, 0.5) is 18.9 Å². The van der Waals surface area contributed by atoms with E-state index < -0.39 is 17.7 Å². The molecule has 0 radical (unpaired) electrons. The largest absolute Gasteiger partial charge is 0.426 e. The van der Waals surface area contributed by atoms with E-state index >= 15 is 0 Å². The summed E-state index contributed by atoms with van der Waals surface area (Å²) in [5.41, 5.74) is -3.46. The third-order valence-corrected chi connectivity index (χ3v) is 5.73. The van der Waals surface area contributed by atoms with Crippen molar-refractivity contribution in [1.29, 1.82) is 0 Å². The molecule has 0 spiro atoms. The summed E-state index contributed by atoms with van der Waals surface area (Å²) in [7, 11) is 0. The maximum atomic E-state index is 12.6. The Bertz CT molecular complexity index is 552. The van der Waals surface area contributed by atoms with Gasteiger partial charge in [-0.2, -0.15) is 13.2 Å². The average Bonchev–Trinajstić information content (AvgIpc) is 2.37. The van der Waals surface area contributed by atoms with Gasteiger partial charge in [-0.1, -0.05) is 18.5 Å². The minimum atomic E-state index is -5.07. The molecule has 0 aromatic heterocycles. The number of halogens is 5. The molecular formula is C12H12ClF3INO2S. The maximum Gasteiger partial charge on any atom is 0.426 e. The van der Waals surface area contributed by atoms with Crippen LogP contribution in [-0.4, -0.2) is 28.5 Å². The lowest BCUT2D eigenvalue weighted by molar-refractivity contribution is -0.242. The molecule has 1 aromatic carbocycles. The molecule has 9 heteroatoms. The Morgan fingerprint density at radius 1 is 1.48 bits per heavy atom. The summed E-state index contributed by atoms with van der Waals surface area (Å²) < 4.78 is 38.4. The fraction of sp³-hybridized carbons (Fsp3) is 0.417. The van der Waals surface area contributed by atoms with Gasteiger partial charge < -0.3 is 10.4 Å². The van der Waals surface area contributed by atoms with Crippen molar-refractivity contribution in [2.24, 2.45) is 0 Å². The molecule has 118 valence electrons. The Hall–Kier alpha value is -0.190. The van der Waals surface area contributed by atoms with Crippen molar-refractivity contribution in [2.45, 2.75) is 30.5 Å². The van der Waals surface area contributed by atoms with E-state index in [1.807, 2.05) is 34.8 Å². The van der Waals surface area contributed by atoms with E-state index in [-0.39, 0.29) is 10.7 Å². The first-order valence-electron chi connectivity index (χ1n) is 5.73. The fourth-order valence-electron chi connectivity index (χ4n) is 1.27. The lowest BCUT2D eigenvalue weighted by Gasteiger charge is -2.25. The van der Waals surface area contributed by atoms with Crippen LogP contribution >= 0.6 is 46.0 Å². The average molecular weight is 454 g/mol. The van der Waals surface area contributed by atoms with Gasteiger partial charge in [0.25, 0.3) is 5.91 Å². The van der Waals surface area contributed by atoms with Crippen LogP contribution in [0.1, 0.15) is 13.8 Å². The number of amides is 1. The van der Waals surface area contributed by atoms with Crippen LogP contribution in [0, 0.1) is 3.57 Å². The van der Waals surface area contributed by atoms with Crippen molar-refractivity contribution in [3.63, 3.8) is 0 Å². The highest BCUT2D eigenvalue weighted by Crippen LogP contribution is 2.36. The molecule has 0 aliphatic rings. The van der Waals surface area contributed by atoms with Crippen LogP contribution in [0.25, 0.3) is 0 Å². The number of benzene rings is 1. The van der Waals surface area contributed by atoms with Crippen molar-refractivity contribution in [1.82, 2.24) is 0 Å². The van der Waals surface area contributed by atoms with E-state index in [0.29, 0.717) is 10.5 Å². The van der Waals surface area contributed by atoms with Gasteiger partial charge in [0, 0.05) is 8.47 Å². The minimum absolute atomic E-state index is 0.0241. The fourth-order valence-corrected chi connectivity index (χ4v) is 3.18. The summed E-state index contributed by atoms with van der Waals surface area (Å²) in [5, 5.41) is 11.4. The second-order valence-electron chi connectivity index (χ2n) is 4.20. The highest BCUT2D eigenvalue weighted by atomic mass is 127. The van der Waals surface area contributed by atoms with Crippen LogP contribution in [-0.2, 0) is 4.79 Å². The topological polar surface area (TPSA) is 49.3 Å².